The molecule has 0 aromatic heterocycles. The molecule has 0 bridgehead atoms. The van der Waals surface area contributed by atoms with Crippen LogP contribution in [0.2, 0.25) is 0 Å². The number of rotatable bonds is 2. The number of benzene rings is 2. The average Bonchev–Trinajstić information content (AvgIpc) is 2.45. The Morgan fingerprint density at radius 3 is 1.92 bits per heavy atom. The van der Waals surface area contributed by atoms with Crippen LogP contribution in [-0.4, -0.2) is 5.97 Å². The molecule has 2 heteroatoms. The van der Waals surface area contributed by atoms with Crippen LogP contribution >= 0.6 is 0 Å². The lowest BCUT2D eigenvalue weighted by molar-refractivity contribution is 0.0731. The Morgan fingerprint density at radius 1 is 0.833 bits per heavy atom. The molecule has 0 saturated carbocycles. The van der Waals surface area contributed by atoms with Crippen LogP contribution in [-0.2, 0) is 10.8 Å². The highest BCUT2D eigenvalue weighted by Gasteiger charge is 2.24. The van der Waals surface area contributed by atoms with Crippen molar-refractivity contribution in [2.24, 2.45) is 0 Å². The normalized spacial score (nSPS) is 12.1. The highest BCUT2D eigenvalue weighted by atomic mass is 16.5. The van der Waals surface area contributed by atoms with Gasteiger partial charge in [0.1, 0.15) is 5.75 Å². The van der Waals surface area contributed by atoms with Crippen LogP contribution in [0, 0.1) is 6.92 Å². The molecule has 128 valence electrons. The summed E-state index contributed by atoms with van der Waals surface area (Å²) in [5.41, 5.74) is 3.79. The Labute approximate surface area is 145 Å². The highest BCUT2D eigenvalue weighted by Crippen LogP contribution is 2.35. The van der Waals surface area contributed by atoms with Gasteiger partial charge in [0.25, 0.3) is 0 Å². The van der Waals surface area contributed by atoms with Gasteiger partial charge in [-0.3, -0.25) is 0 Å². The van der Waals surface area contributed by atoms with E-state index in [1.54, 1.807) is 0 Å². The third-order valence-corrected chi connectivity index (χ3v) is 4.15. The fraction of sp³-hybridized carbons (Fsp3) is 0.409. The molecule has 0 heterocycles. The van der Waals surface area contributed by atoms with E-state index in [1.165, 1.54) is 0 Å². The second-order valence-electron chi connectivity index (χ2n) is 8.47. The van der Waals surface area contributed by atoms with Crippen molar-refractivity contribution >= 4 is 5.97 Å². The van der Waals surface area contributed by atoms with E-state index < -0.39 is 0 Å². The third-order valence-electron chi connectivity index (χ3n) is 4.15. The Balaban J connectivity index is 2.42. The van der Waals surface area contributed by atoms with Crippen molar-refractivity contribution in [1.82, 2.24) is 0 Å². The first-order chi connectivity index (χ1) is 11.0. The van der Waals surface area contributed by atoms with Gasteiger partial charge in [0.2, 0.25) is 0 Å². The van der Waals surface area contributed by atoms with E-state index in [0.29, 0.717) is 11.3 Å². The van der Waals surface area contributed by atoms with E-state index in [1.807, 2.05) is 37.3 Å². The highest BCUT2D eigenvalue weighted by molar-refractivity contribution is 5.91. The lowest BCUT2D eigenvalue weighted by Crippen LogP contribution is -2.18. The summed E-state index contributed by atoms with van der Waals surface area (Å²) in [4.78, 5) is 12.5. The molecule has 0 aliphatic heterocycles. The van der Waals surface area contributed by atoms with Gasteiger partial charge in [-0.05, 0) is 41.5 Å². The van der Waals surface area contributed by atoms with Gasteiger partial charge in [0.15, 0.2) is 0 Å². The van der Waals surface area contributed by atoms with Crippen LogP contribution < -0.4 is 4.74 Å². The second-order valence-corrected chi connectivity index (χ2v) is 8.47. The molecule has 2 aromatic carbocycles. The van der Waals surface area contributed by atoms with Crippen molar-refractivity contribution in [3.63, 3.8) is 0 Å². The lowest BCUT2D eigenvalue weighted by atomic mass is 9.81. The molecule has 0 radical (unpaired) electrons. The topological polar surface area (TPSA) is 26.3 Å². The molecule has 0 saturated heterocycles. The van der Waals surface area contributed by atoms with Crippen molar-refractivity contribution in [3.05, 3.63) is 64.7 Å². The zero-order valence-electron chi connectivity index (χ0n) is 15.9. The van der Waals surface area contributed by atoms with Gasteiger partial charge in [-0.2, -0.15) is 0 Å². The molecule has 0 aliphatic rings. The zero-order chi connectivity index (χ0) is 18.1. The van der Waals surface area contributed by atoms with Crippen LogP contribution in [0.15, 0.2) is 42.5 Å². The summed E-state index contributed by atoms with van der Waals surface area (Å²) in [6, 6.07) is 13.7. The van der Waals surface area contributed by atoms with Crippen molar-refractivity contribution in [2.45, 2.75) is 59.3 Å². The quantitative estimate of drug-likeness (QED) is 0.515. The lowest BCUT2D eigenvalue weighted by Gasteiger charge is -2.26. The van der Waals surface area contributed by atoms with E-state index >= 15 is 0 Å². The molecule has 0 spiro atoms. The van der Waals surface area contributed by atoms with Crippen molar-refractivity contribution in [2.75, 3.05) is 0 Å². The van der Waals surface area contributed by atoms with Crippen LogP contribution in [0.1, 0.15) is 68.6 Å². The van der Waals surface area contributed by atoms with Gasteiger partial charge < -0.3 is 4.74 Å². The zero-order valence-corrected chi connectivity index (χ0v) is 15.9. The van der Waals surface area contributed by atoms with Crippen LogP contribution in [0.5, 0.6) is 5.75 Å². The maximum atomic E-state index is 12.5. The molecular weight excluding hydrogens is 296 g/mol. The number of ether oxygens (including phenoxy) is 1. The molecule has 0 unspecified atom stereocenters. The number of carbonyl (C=O) groups excluding carboxylic acids is 1. The second kappa shape index (κ2) is 6.43. The molecule has 0 fully saturated rings. The number of esters is 1. The maximum Gasteiger partial charge on any atom is 0.343 e. The number of aryl methyl sites for hydroxylation is 1. The summed E-state index contributed by atoms with van der Waals surface area (Å²) in [5.74, 6) is 0.340. The van der Waals surface area contributed by atoms with E-state index in [-0.39, 0.29) is 16.8 Å². The molecule has 24 heavy (non-hydrogen) atoms. The monoisotopic (exact) mass is 324 g/mol. The van der Waals surface area contributed by atoms with Crippen molar-refractivity contribution in [3.8, 4) is 5.75 Å². The van der Waals surface area contributed by atoms with Crippen molar-refractivity contribution in [1.29, 1.82) is 0 Å². The van der Waals surface area contributed by atoms with Gasteiger partial charge in [-0.1, -0.05) is 71.4 Å². The minimum atomic E-state index is -0.313. The smallest absolute Gasteiger partial charge is 0.343 e. The van der Waals surface area contributed by atoms with Crippen LogP contribution in [0.4, 0.5) is 0 Å². The predicted molar refractivity (Wildman–Crippen MR) is 100.0 cm³/mol. The summed E-state index contributed by atoms with van der Waals surface area (Å²) in [5, 5.41) is 0. The van der Waals surface area contributed by atoms with E-state index in [2.05, 4.69) is 53.7 Å². The van der Waals surface area contributed by atoms with Gasteiger partial charge in [-0.15, -0.1) is 0 Å². The van der Waals surface area contributed by atoms with Crippen molar-refractivity contribution < 1.29 is 9.53 Å². The fourth-order valence-corrected chi connectivity index (χ4v) is 2.54. The fourth-order valence-electron chi connectivity index (χ4n) is 2.54. The molecule has 2 nitrogen and oxygen atoms in total. The maximum absolute atomic E-state index is 12.5. The summed E-state index contributed by atoms with van der Waals surface area (Å²) >= 11 is 0. The molecule has 0 amide bonds. The summed E-state index contributed by atoms with van der Waals surface area (Å²) in [6.07, 6.45) is 0. The largest absolute Gasteiger partial charge is 0.423 e. The summed E-state index contributed by atoms with van der Waals surface area (Å²) in [6.45, 7) is 14.9. The van der Waals surface area contributed by atoms with Crippen LogP contribution in [0.3, 0.4) is 0 Å². The van der Waals surface area contributed by atoms with Gasteiger partial charge in [-0.25, -0.2) is 4.79 Å². The molecule has 0 N–H and O–H groups in total. The third kappa shape index (κ3) is 4.25. The predicted octanol–water partition coefficient (Wildman–Crippen LogP) is 5.81. The van der Waals surface area contributed by atoms with E-state index in [4.69, 9.17) is 4.74 Å². The number of carbonyl (C=O) groups is 1. The first-order valence-corrected chi connectivity index (χ1v) is 8.42. The van der Waals surface area contributed by atoms with Gasteiger partial charge >= 0.3 is 5.97 Å². The SMILES string of the molecule is Cc1ccc(C(=O)Oc2cc(C(C)(C)C)ccc2C(C)(C)C)cc1. The van der Waals surface area contributed by atoms with Crippen LogP contribution in [0.25, 0.3) is 0 Å². The molecule has 2 rings (SSSR count). The minimum absolute atomic E-state index is 0.00142. The Morgan fingerprint density at radius 2 is 1.42 bits per heavy atom. The summed E-state index contributed by atoms with van der Waals surface area (Å²) in [7, 11) is 0. The molecule has 2 aromatic rings. The number of hydrogen-bond acceptors (Lipinski definition) is 2. The molecular formula is C22H28O2. The van der Waals surface area contributed by atoms with Gasteiger partial charge in [0, 0.05) is 5.56 Å². The Bertz CT molecular complexity index is 726. The minimum Gasteiger partial charge on any atom is -0.423 e. The Hall–Kier alpha value is -2.09. The summed E-state index contributed by atoms with van der Waals surface area (Å²) < 4.78 is 5.79. The van der Waals surface area contributed by atoms with E-state index in [9.17, 15) is 4.79 Å². The van der Waals surface area contributed by atoms with E-state index in [0.717, 1.165) is 16.7 Å². The number of hydrogen-bond donors (Lipinski definition) is 0. The molecule has 0 atom stereocenters. The molecule has 0 aliphatic carbocycles. The first kappa shape index (κ1) is 18.3. The van der Waals surface area contributed by atoms with Gasteiger partial charge in [0.05, 0.1) is 5.56 Å². The Kier molecular flexibility index (Phi) is 4.89. The average molecular weight is 324 g/mol. The first-order valence-electron chi connectivity index (χ1n) is 8.42. The standard InChI is InChI=1S/C22H28O2/c1-15-8-10-16(11-9-15)20(23)24-19-14-17(21(2,3)4)12-13-18(19)22(5,6)7/h8-14H,1-7H3.